The average Bonchev–Trinajstić information content (AvgIpc) is 2.70. The number of urea groups is 1. The number of nitrogens with zero attached hydrogens (tertiary/aromatic N) is 2. The lowest BCUT2D eigenvalue weighted by Crippen LogP contribution is -2.44. The lowest BCUT2D eigenvalue weighted by molar-refractivity contribution is -0.133. The highest BCUT2D eigenvalue weighted by Crippen LogP contribution is 2.12. The molecule has 0 fully saturated rings. The number of aromatic nitrogens is 2. The van der Waals surface area contributed by atoms with Gasteiger partial charge in [0.2, 0.25) is 0 Å². The van der Waals surface area contributed by atoms with Crippen molar-refractivity contribution in [1.82, 2.24) is 19.8 Å². The molecule has 2 amide bonds. The van der Waals surface area contributed by atoms with E-state index in [0.717, 1.165) is 4.57 Å². The maximum Gasteiger partial charge on any atom is 0.353 e. The van der Waals surface area contributed by atoms with Crippen molar-refractivity contribution < 1.29 is 14.7 Å². The zero-order valence-electron chi connectivity index (χ0n) is 16.0. The highest BCUT2D eigenvalue weighted by atomic mass is 16.4. The second-order valence-electron chi connectivity index (χ2n) is 6.50. The first kappa shape index (κ1) is 19.9. The summed E-state index contributed by atoms with van der Waals surface area (Å²) in [6, 6.07) is 6.42. The number of carboxylic acids is 1. The monoisotopic (exact) mass is 399 g/mol. The predicted octanol–water partition coefficient (Wildman–Crippen LogP) is 0.494. The molecule has 2 heterocycles. The van der Waals surface area contributed by atoms with E-state index in [0.29, 0.717) is 29.1 Å². The lowest BCUT2D eigenvalue weighted by atomic mass is 10.1. The summed E-state index contributed by atoms with van der Waals surface area (Å²) in [5.41, 5.74) is 0.896. The Balaban J connectivity index is 1.93. The molecule has 1 aromatic carbocycles. The minimum absolute atomic E-state index is 0.0178. The average molecular weight is 399 g/mol. The SMILES string of the molecule is CCNC(=O)Nc1ccc(Cn2c(=O)c(C)c3n(c2=O)C=C(C(=O)O)NC3)cc1. The van der Waals surface area contributed by atoms with Crippen LogP contribution in [0.25, 0.3) is 6.20 Å². The Morgan fingerprint density at radius 3 is 2.52 bits per heavy atom. The molecule has 3 rings (SSSR count). The van der Waals surface area contributed by atoms with Gasteiger partial charge in [0.1, 0.15) is 5.70 Å². The second kappa shape index (κ2) is 8.05. The first-order valence-corrected chi connectivity index (χ1v) is 8.99. The summed E-state index contributed by atoms with van der Waals surface area (Å²) in [5, 5.41) is 17.1. The van der Waals surface area contributed by atoms with Gasteiger partial charge in [-0.2, -0.15) is 0 Å². The van der Waals surface area contributed by atoms with Crippen molar-refractivity contribution in [1.29, 1.82) is 0 Å². The Kier molecular flexibility index (Phi) is 5.53. The fourth-order valence-corrected chi connectivity index (χ4v) is 3.03. The molecule has 0 saturated heterocycles. The van der Waals surface area contributed by atoms with E-state index in [1.807, 2.05) is 6.92 Å². The van der Waals surface area contributed by atoms with Gasteiger partial charge in [0.15, 0.2) is 0 Å². The molecule has 152 valence electrons. The van der Waals surface area contributed by atoms with Crippen molar-refractivity contribution in [3.63, 3.8) is 0 Å². The van der Waals surface area contributed by atoms with E-state index in [4.69, 9.17) is 5.11 Å². The van der Waals surface area contributed by atoms with Crippen LogP contribution in [-0.4, -0.2) is 32.8 Å². The van der Waals surface area contributed by atoms with E-state index in [-0.39, 0.29) is 24.8 Å². The van der Waals surface area contributed by atoms with Crippen LogP contribution in [0.2, 0.25) is 0 Å². The zero-order chi connectivity index (χ0) is 21.1. The van der Waals surface area contributed by atoms with Gasteiger partial charge in [0.05, 0.1) is 18.8 Å². The Morgan fingerprint density at radius 2 is 1.90 bits per heavy atom. The van der Waals surface area contributed by atoms with Gasteiger partial charge in [0.25, 0.3) is 5.56 Å². The van der Waals surface area contributed by atoms with E-state index in [2.05, 4.69) is 16.0 Å². The molecular weight excluding hydrogens is 378 g/mol. The molecule has 0 atom stereocenters. The Hall–Kier alpha value is -3.82. The predicted molar refractivity (Wildman–Crippen MR) is 107 cm³/mol. The molecule has 0 saturated carbocycles. The second-order valence-corrected chi connectivity index (χ2v) is 6.50. The number of aliphatic carboxylic acids is 1. The number of benzene rings is 1. The van der Waals surface area contributed by atoms with Crippen LogP contribution in [0.4, 0.5) is 10.5 Å². The molecule has 0 aliphatic carbocycles. The number of hydrogen-bond acceptors (Lipinski definition) is 5. The number of carbonyl (C=O) groups excluding carboxylic acids is 1. The summed E-state index contributed by atoms with van der Waals surface area (Å²) in [6.07, 6.45) is 1.19. The molecule has 10 heteroatoms. The molecule has 4 N–H and O–H groups in total. The molecule has 2 aromatic rings. The van der Waals surface area contributed by atoms with Crippen LogP contribution < -0.4 is 27.2 Å². The van der Waals surface area contributed by atoms with Crippen molar-refractivity contribution in [3.8, 4) is 0 Å². The van der Waals surface area contributed by atoms with Crippen molar-refractivity contribution in [2.24, 2.45) is 0 Å². The minimum atomic E-state index is -1.19. The van der Waals surface area contributed by atoms with E-state index in [9.17, 15) is 19.2 Å². The number of fused-ring (bicyclic) bond motifs is 1. The van der Waals surface area contributed by atoms with Crippen molar-refractivity contribution in [3.05, 3.63) is 67.6 Å². The minimum Gasteiger partial charge on any atom is -0.477 e. The topological polar surface area (TPSA) is 134 Å². The Bertz CT molecular complexity index is 1110. The molecule has 1 aromatic heterocycles. The van der Waals surface area contributed by atoms with Crippen LogP contribution in [0, 0.1) is 6.92 Å². The van der Waals surface area contributed by atoms with Crippen LogP contribution in [-0.2, 0) is 17.9 Å². The fourth-order valence-electron chi connectivity index (χ4n) is 3.03. The van der Waals surface area contributed by atoms with E-state index in [1.54, 1.807) is 31.2 Å². The lowest BCUT2D eigenvalue weighted by Gasteiger charge is -2.21. The third-order valence-electron chi connectivity index (χ3n) is 4.55. The van der Waals surface area contributed by atoms with Crippen molar-refractivity contribution in [2.45, 2.75) is 26.9 Å². The maximum absolute atomic E-state index is 12.8. The van der Waals surface area contributed by atoms with Crippen molar-refractivity contribution >= 4 is 23.9 Å². The quantitative estimate of drug-likeness (QED) is 0.578. The molecular formula is C19H21N5O5. The zero-order valence-corrected chi connectivity index (χ0v) is 16.0. The number of carbonyl (C=O) groups is 2. The van der Waals surface area contributed by atoms with Crippen LogP contribution in [0.1, 0.15) is 23.7 Å². The smallest absolute Gasteiger partial charge is 0.353 e. The molecule has 1 aliphatic heterocycles. The number of carboxylic acid groups (broad SMARTS) is 1. The first-order chi connectivity index (χ1) is 13.8. The number of nitrogens with one attached hydrogen (secondary N) is 3. The largest absolute Gasteiger partial charge is 0.477 e. The van der Waals surface area contributed by atoms with Crippen LogP contribution in [0.5, 0.6) is 0 Å². The molecule has 29 heavy (non-hydrogen) atoms. The molecule has 0 unspecified atom stereocenters. The van der Waals surface area contributed by atoms with E-state index >= 15 is 0 Å². The molecule has 0 spiro atoms. The number of rotatable bonds is 5. The summed E-state index contributed by atoms with van der Waals surface area (Å²) in [4.78, 5) is 48.3. The summed E-state index contributed by atoms with van der Waals surface area (Å²) in [6.45, 7) is 4.01. The van der Waals surface area contributed by atoms with Gasteiger partial charge in [-0.15, -0.1) is 0 Å². The van der Waals surface area contributed by atoms with Gasteiger partial charge >= 0.3 is 17.7 Å². The van der Waals surface area contributed by atoms with Crippen LogP contribution >= 0.6 is 0 Å². The number of amides is 2. The highest BCUT2D eigenvalue weighted by molar-refractivity contribution is 5.90. The fraction of sp³-hybridized carbons (Fsp3) is 0.263. The third-order valence-corrected chi connectivity index (χ3v) is 4.55. The maximum atomic E-state index is 12.8. The standard InChI is InChI=1S/C19H21N5O5/c1-3-20-18(28)22-13-6-4-12(5-7-13)9-24-16(25)11(2)15-8-21-14(17(26)27)10-23(15)19(24)29/h4-7,10,21H,3,8-9H2,1-2H3,(H,26,27)(H2,20,22,28). The summed E-state index contributed by atoms with van der Waals surface area (Å²) >= 11 is 0. The molecule has 1 aliphatic rings. The third kappa shape index (κ3) is 4.05. The number of hydrogen-bond donors (Lipinski definition) is 4. The van der Waals surface area contributed by atoms with Gasteiger partial charge in [-0.05, 0) is 31.5 Å². The molecule has 0 radical (unpaired) electrons. The Morgan fingerprint density at radius 1 is 1.21 bits per heavy atom. The summed E-state index contributed by atoms with van der Waals surface area (Å²) in [5.74, 6) is -1.19. The van der Waals surface area contributed by atoms with Crippen LogP contribution in [0.3, 0.4) is 0 Å². The highest BCUT2D eigenvalue weighted by Gasteiger charge is 2.21. The van der Waals surface area contributed by atoms with Crippen LogP contribution in [0.15, 0.2) is 39.6 Å². The summed E-state index contributed by atoms with van der Waals surface area (Å²) < 4.78 is 2.26. The first-order valence-electron chi connectivity index (χ1n) is 8.99. The van der Waals surface area contributed by atoms with Gasteiger partial charge in [-0.25, -0.2) is 14.4 Å². The Labute approximate surface area is 165 Å². The molecule has 10 nitrogen and oxygen atoms in total. The van der Waals surface area contributed by atoms with Gasteiger partial charge in [0, 0.05) is 24.0 Å². The summed E-state index contributed by atoms with van der Waals surface area (Å²) in [7, 11) is 0. The molecule has 0 bridgehead atoms. The van der Waals surface area contributed by atoms with Crippen molar-refractivity contribution in [2.75, 3.05) is 11.9 Å². The van der Waals surface area contributed by atoms with E-state index in [1.165, 1.54) is 10.8 Å². The normalized spacial score (nSPS) is 12.4. The van der Waals surface area contributed by atoms with Gasteiger partial charge in [-0.1, -0.05) is 12.1 Å². The van der Waals surface area contributed by atoms with Gasteiger partial charge in [-0.3, -0.25) is 13.9 Å². The number of anilines is 1. The van der Waals surface area contributed by atoms with Gasteiger partial charge < -0.3 is 21.1 Å². The van der Waals surface area contributed by atoms with E-state index < -0.39 is 17.2 Å².